The maximum atomic E-state index is 11.9. The molecule has 0 radical (unpaired) electrons. The van der Waals surface area contributed by atoms with Gasteiger partial charge < -0.3 is 15.7 Å². The van der Waals surface area contributed by atoms with E-state index in [4.69, 9.17) is 0 Å². The Labute approximate surface area is 121 Å². The lowest BCUT2D eigenvalue weighted by molar-refractivity contribution is -0.148. The summed E-state index contributed by atoms with van der Waals surface area (Å²) in [6, 6.07) is -1.81. The molecule has 0 aromatic heterocycles. The van der Waals surface area contributed by atoms with Crippen LogP contribution in [0.3, 0.4) is 0 Å². The molecule has 3 unspecified atom stereocenters. The summed E-state index contributed by atoms with van der Waals surface area (Å²) in [5, 5.41) is 16.5. The van der Waals surface area contributed by atoms with Gasteiger partial charge in [0, 0.05) is 12.5 Å². The molecule has 2 rings (SSSR count). The first-order valence-electron chi connectivity index (χ1n) is 6.97. The van der Waals surface area contributed by atoms with Crippen LogP contribution in [-0.4, -0.2) is 41.0 Å². The monoisotopic (exact) mass is 297 g/mol. The van der Waals surface area contributed by atoms with Crippen LogP contribution < -0.4 is 16.0 Å². The van der Waals surface area contributed by atoms with Crippen LogP contribution in [0, 0.1) is 5.41 Å². The number of aliphatic carboxylic acids is 1. The van der Waals surface area contributed by atoms with Crippen molar-refractivity contribution in [1.82, 2.24) is 16.0 Å². The maximum Gasteiger partial charge on any atom is 0.315 e. The minimum absolute atomic E-state index is 0.174. The molecule has 8 heteroatoms. The van der Waals surface area contributed by atoms with Crippen molar-refractivity contribution in [2.24, 2.45) is 5.41 Å². The van der Waals surface area contributed by atoms with E-state index in [9.17, 15) is 24.3 Å². The molecular weight excluding hydrogens is 278 g/mol. The zero-order chi connectivity index (χ0) is 15.6. The van der Waals surface area contributed by atoms with Crippen molar-refractivity contribution in [2.45, 2.75) is 51.1 Å². The molecule has 1 heterocycles. The lowest BCUT2D eigenvalue weighted by Crippen LogP contribution is -2.57. The summed E-state index contributed by atoms with van der Waals surface area (Å²) in [6.07, 6.45) is 2.25. The predicted molar refractivity (Wildman–Crippen MR) is 71.2 cm³/mol. The fourth-order valence-corrected chi connectivity index (χ4v) is 2.84. The second-order valence-corrected chi connectivity index (χ2v) is 5.79. The summed E-state index contributed by atoms with van der Waals surface area (Å²) in [7, 11) is 0. The number of carboxylic acids is 1. The summed E-state index contributed by atoms with van der Waals surface area (Å²) >= 11 is 0. The van der Waals surface area contributed by atoms with Crippen LogP contribution in [-0.2, 0) is 14.4 Å². The average molecular weight is 297 g/mol. The number of nitrogens with one attached hydrogen (secondary N) is 3. The van der Waals surface area contributed by atoms with E-state index in [0.29, 0.717) is 12.8 Å². The van der Waals surface area contributed by atoms with E-state index >= 15 is 0 Å². The van der Waals surface area contributed by atoms with E-state index in [1.807, 2.05) is 0 Å². The van der Waals surface area contributed by atoms with Crippen LogP contribution in [0.5, 0.6) is 0 Å². The topological polar surface area (TPSA) is 125 Å². The van der Waals surface area contributed by atoms with Crippen LogP contribution >= 0.6 is 0 Å². The Morgan fingerprint density at radius 2 is 2.00 bits per heavy atom. The molecule has 116 valence electrons. The molecule has 4 amide bonds. The molecule has 3 atom stereocenters. The number of piperidine rings is 1. The number of carbonyl (C=O) groups is 4. The van der Waals surface area contributed by atoms with Gasteiger partial charge in [0.2, 0.25) is 11.8 Å². The van der Waals surface area contributed by atoms with Crippen molar-refractivity contribution >= 4 is 23.8 Å². The van der Waals surface area contributed by atoms with Crippen molar-refractivity contribution < 1.29 is 24.3 Å². The molecule has 1 saturated heterocycles. The first-order chi connectivity index (χ1) is 9.83. The Balaban J connectivity index is 1.91. The molecule has 0 bridgehead atoms. The second-order valence-electron chi connectivity index (χ2n) is 5.79. The van der Waals surface area contributed by atoms with E-state index in [1.54, 1.807) is 6.92 Å². The Hall–Kier alpha value is -2.12. The van der Waals surface area contributed by atoms with Gasteiger partial charge >= 0.3 is 12.0 Å². The summed E-state index contributed by atoms with van der Waals surface area (Å²) in [6.45, 7) is 1.61. The highest BCUT2D eigenvalue weighted by molar-refractivity contribution is 6.01. The summed E-state index contributed by atoms with van der Waals surface area (Å²) < 4.78 is 0. The van der Waals surface area contributed by atoms with Gasteiger partial charge in [-0.05, 0) is 26.2 Å². The minimum atomic E-state index is -0.984. The number of amides is 4. The number of carbonyl (C=O) groups excluding carboxylic acids is 3. The zero-order valence-corrected chi connectivity index (χ0v) is 11.8. The molecule has 0 spiro atoms. The highest BCUT2D eigenvalue weighted by atomic mass is 16.4. The van der Waals surface area contributed by atoms with Crippen molar-refractivity contribution in [1.29, 1.82) is 0 Å². The highest BCUT2D eigenvalue weighted by Crippen LogP contribution is 2.38. The number of hydrogen-bond acceptors (Lipinski definition) is 4. The molecular formula is C13H19N3O5. The van der Waals surface area contributed by atoms with E-state index in [2.05, 4.69) is 16.0 Å². The third-order valence-electron chi connectivity index (χ3n) is 4.30. The smallest absolute Gasteiger partial charge is 0.315 e. The zero-order valence-electron chi connectivity index (χ0n) is 11.8. The number of carboxylic acid groups (broad SMARTS) is 1. The van der Waals surface area contributed by atoms with Crippen molar-refractivity contribution in [3.8, 4) is 0 Å². The van der Waals surface area contributed by atoms with Gasteiger partial charge in [0.1, 0.15) is 6.04 Å². The van der Waals surface area contributed by atoms with Crippen molar-refractivity contribution in [3.63, 3.8) is 0 Å². The Morgan fingerprint density at radius 3 is 2.62 bits per heavy atom. The van der Waals surface area contributed by atoms with Crippen molar-refractivity contribution in [2.75, 3.05) is 0 Å². The van der Waals surface area contributed by atoms with Gasteiger partial charge in [-0.2, -0.15) is 0 Å². The SMILES string of the molecule is CC1(C(=O)O)CCCC1NC(=O)NC1CCC(=O)NC1=O. The number of rotatable bonds is 3. The average Bonchev–Trinajstić information content (AvgIpc) is 2.76. The molecule has 21 heavy (non-hydrogen) atoms. The first kappa shape index (κ1) is 15.3. The molecule has 8 nitrogen and oxygen atoms in total. The van der Waals surface area contributed by atoms with Gasteiger partial charge in [0.25, 0.3) is 0 Å². The van der Waals surface area contributed by atoms with Crippen LogP contribution in [0.1, 0.15) is 39.0 Å². The van der Waals surface area contributed by atoms with E-state index in [-0.39, 0.29) is 18.7 Å². The lowest BCUT2D eigenvalue weighted by atomic mass is 9.85. The molecule has 0 aromatic carbocycles. The summed E-state index contributed by atoms with van der Waals surface area (Å²) in [5.74, 6) is -1.83. The minimum Gasteiger partial charge on any atom is -0.481 e. The molecule has 0 aromatic rings. The number of imide groups is 1. The van der Waals surface area contributed by atoms with E-state index in [1.165, 1.54) is 0 Å². The third-order valence-corrected chi connectivity index (χ3v) is 4.30. The second kappa shape index (κ2) is 5.71. The van der Waals surface area contributed by atoms with Crippen LogP contribution in [0.2, 0.25) is 0 Å². The van der Waals surface area contributed by atoms with Crippen molar-refractivity contribution in [3.05, 3.63) is 0 Å². The van der Waals surface area contributed by atoms with Gasteiger partial charge in [-0.15, -0.1) is 0 Å². The number of urea groups is 1. The molecule has 1 aliphatic heterocycles. The largest absolute Gasteiger partial charge is 0.481 e. The summed E-state index contributed by atoms with van der Waals surface area (Å²) in [5.41, 5.74) is -0.984. The number of hydrogen-bond donors (Lipinski definition) is 4. The van der Waals surface area contributed by atoms with Crippen LogP contribution in [0.4, 0.5) is 4.79 Å². The molecule has 1 saturated carbocycles. The summed E-state index contributed by atoms with van der Waals surface area (Å²) in [4.78, 5) is 45.8. The molecule has 4 N–H and O–H groups in total. The van der Waals surface area contributed by atoms with E-state index < -0.39 is 35.4 Å². The van der Waals surface area contributed by atoms with Crippen LogP contribution in [0.25, 0.3) is 0 Å². The first-order valence-corrected chi connectivity index (χ1v) is 6.97. The Kier molecular flexibility index (Phi) is 4.15. The predicted octanol–water partition coefficient (Wildman–Crippen LogP) is -0.266. The molecule has 2 fully saturated rings. The van der Waals surface area contributed by atoms with Gasteiger partial charge in [-0.25, -0.2) is 4.79 Å². The molecule has 2 aliphatic rings. The molecule has 1 aliphatic carbocycles. The lowest BCUT2D eigenvalue weighted by Gasteiger charge is -2.29. The Bertz CT molecular complexity index is 492. The fraction of sp³-hybridized carbons (Fsp3) is 0.692. The Morgan fingerprint density at radius 1 is 1.29 bits per heavy atom. The van der Waals surface area contributed by atoms with Gasteiger partial charge in [0.05, 0.1) is 5.41 Å². The standard InChI is InChI=1S/C13H19N3O5/c1-13(11(19)20)6-2-3-8(13)15-12(21)14-7-4-5-9(17)16-10(7)18/h7-8H,2-6H2,1H3,(H,19,20)(H2,14,15,21)(H,16,17,18). The maximum absolute atomic E-state index is 11.9. The third kappa shape index (κ3) is 3.14. The van der Waals surface area contributed by atoms with Crippen LogP contribution in [0.15, 0.2) is 0 Å². The quantitative estimate of drug-likeness (QED) is 0.534. The van der Waals surface area contributed by atoms with Gasteiger partial charge in [-0.3, -0.25) is 19.7 Å². The van der Waals surface area contributed by atoms with Gasteiger partial charge in [0.15, 0.2) is 0 Å². The highest BCUT2D eigenvalue weighted by Gasteiger charge is 2.46. The van der Waals surface area contributed by atoms with Gasteiger partial charge in [-0.1, -0.05) is 6.42 Å². The normalized spacial score (nSPS) is 32.4. The van der Waals surface area contributed by atoms with E-state index in [0.717, 1.165) is 6.42 Å². The fourth-order valence-electron chi connectivity index (χ4n) is 2.84.